The molecule has 0 radical (unpaired) electrons. The molecule has 1 fully saturated rings. The molecule has 1 aromatic heterocycles. The number of hydrogen-bond acceptors (Lipinski definition) is 7. The summed E-state index contributed by atoms with van der Waals surface area (Å²) < 4.78 is 21.2. The molecule has 10 nitrogen and oxygen atoms in total. The van der Waals surface area contributed by atoms with E-state index in [9.17, 15) is 29.3 Å². The standard InChI is InChI=1S/C33H35FN2O5.C17H27NO2/c1-21(2)31-30(33(41)35-25-11-7-4-8-12-25)29(22-9-5-3-6-10-22)32(23-13-15-24(34)16-14-23)36(31)18-17-26(37)19-27(38)20-28(39)40;1-18(2)13-16(17(19)11-5-4-6-12-17)14-7-9-15(20-3)10-8-14/h3-16,21,26-27,37-38H,17-20H2,1-2H3,(H,35,41)(H,39,40);7-10,16,19H,4-6,11-13H2,1-3H3/t26-,27-;/m1./s1. The van der Waals surface area contributed by atoms with Gasteiger partial charge in [0.25, 0.3) is 5.91 Å². The van der Waals surface area contributed by atoms with E-state index >= 15 is 0 Å². The number of aliphatic carboxylic acids is 1. The van der Waals surface area contributed by atoms with Gasteiger partial charge < -0.3 is 39.9 Å². The number of methoxy groups -OCH3 is 1. The number of carbonyl (C=O) groups is 2. The van der Waals surface area contributed by atoms with Crippen molar-refractivity contribution in [3.8, 4) is 28.1 Å². The first-order valence-electron chi connectivity index (χ1n) is 21.2. The minimum atomic E-state index is -1.18. The molecular formula is C50H62FN3O7. The van der Waals surface area contributed by atoms with Gasteiger partial charge in [0.1, 0.15) is 11.6 Å². The summed E-state index contributed by atoms with van der Waals surface area (Å²) in [7, 11) is 5.83. The molecule has 1 aliphatic carbocycles. The first-order valence-corrected chi connectivity index (χ1v) is 21.2. The number of benzene rings is 4. The van der Waals surface area contributed by atoms with E-state index in [4.69, 9.17) is 9.84 Å². The zero-order valence-electron chi connectivity index (χ0n) is 36.1. The highest BCUT2D eigenvalue weighted by Crippen LogP contribution is 2.43. The fraction of sp³-hybridized carbons (Fsp3) is 0.400. The number of amides is 1. The highest BCUT2D eigenvalue weighted by molar-refractivity contribution is 6.12. The van der Waals surface area contributed by atoms with Crippen LogP contribution in [-0.4, -0.2) is 87.3 Å². The molecule has 326 valence electrons. The normalized spacial score (nSPS) is 15.1. The minimum Gasteiger partial charge on any atom is -0.497 e. The van der Waals surface area contributed by atoms with Gasteiger partial charge in [-0.3, -0.25) is 9.59 Å². The van der Waals surface area contributed by atoms with Crippen molar-refractivity contribution >= 4 is 17.6 Å². The molecule has 5 aromatic rings. The lowest BCUT2D eigenvalue weighted by molar-refractivity contribution is -0.139. The van der Waals surface area contributed by atoms with E-state index in [0.29, 0.717) is 28.1 Å². The minimum absolute atomic E-state index is 0.0939. The Morgan fingerprint density at radius 3 is 2.00 bits per heavy atom. The van der Waals surface area contributed by atoms with Crippen molar-refractivity contribution in [3.05, 3.63) is 132 Å². The maximum atomic E-state index is 14.0. The van der Waals surface area contributed by atoms with Crippen molar-refractivity contribution in [3.63, 3.8) is 0 Å². The van der Waals surface area contributed by atoms with Crippen LogP contribution in [0.4, 0.5) is 10.1 Å². The summed E-state index contributed by atoms with van der Waals surface area (Å²) >= 11 is 0. The first kappa shape index (κ1) is 46.7. The predicted octanol–water partition coefficient (Wildman–Crippen LogP) is 9.35. The van der Waals surface area contributed by atoms with Crippen LogP contribution < -0.4 is 10.1 Å². The molecular weight excluding hydrogens is 774 g/mol. The van der Waals surface area contributed by atoms with Crippen LogP contribution in [0, 0.1) is 5.82 Å². The number of nitrogens with one attached hydrogen (secondary N) is 1. The van der Waals surface area contributed by atoms with E-state index in [1.807, 2.05) is 91.2 Å². The number of anilines is 1. The van der Waals surface area contributed by atoms with Crippen LogP contribution in [0.2, 0.25) is 0 Å². The van der Waals surface area contributed by atoms with Crippen LogP contribution in [0.5, 0.6) is 5.75 Å². The second-order valence-electron chi connectivity index (χ2n) is 16.7. The molecule has 6 rings (SSSR count). The van der Waals surface area contributed by atoms with Gasteiger partial charge >= 0.3 is 5.97 Å². The SMILES string of the molecule is CC(C)c1c(C(=O)Nc2ccccc2)c(-c2ccccc2)c(-c2ccc(F)cc2)n1CC[C@@H](O)C[C@@H](O)CC(=O)O.COc1ccc(C(CN(C)C)C2(O)CCCCC2)cc1. The summed E-state index contributed by atoms with van der Waals surface area (Å²) in [5.41, 5.74) is 5.43. The Morgan fingerprint density at radius 1 is 0.836 bits per heavy atom. The second-order valence-corrected chi connectivity index (χ2v) is 16.7. The molecule has 3 atom stereocenters. The monoisotopic (exact) mass is 835 g/mol. The lowest BCUT2D eigenvalue weighted by Crippen LogP contribution is -2.42. The Kier molecular flexibility index (Phi) is 16.8. The number of likely N-dealkylation sites (N-methyl/N-ethyl adjacent to an activating group) is 1. The summed E-state index contributed by atoms with van der Waals surface area (Å²) in [5.74, 6) is -0.896. The first-order chi connectivity index (χ1) is 29.2. The van der Waals surface area contributed by atoms with Crippen LogP contribution in [0.3, 0.4) is 0 Å². The van der Waals surface area contributed by atoms with Gasteiger partial charge in [0.05, 0.1) is 42.6 Å². The third-order valence-electron chi connectivity index (χ3n) is 11.4. The van der Waals surface area contributed by atoms with Crippen molar-refractivity contribution in [1.82, 2.24) is 9.47 Å². The molecule has 1 aliphatic rings. The second kappa shape index (κ2) is 22.0. The summed E-state index contributed by atoms with van der Waals surface area (Å²) in [4.78, 5) is 27.2. The predicted molar refractivity (Wildman–Crippen MR) is 240 cm³/mol. The fourth-order valence-corrected chi connectivity index (χ4v) is 8.50. The quantitative estimate of drug-likeness (QED) is 0.0624. The fourth-order valence-electron chi connectivity index (χ4n) is 8.50. The van der Waals surface area contributed by atoms with Crippen LogP contribution in [0.25, 0.3) is 22.4 Å². The van der Waals surface area contributed by atoms with E-state index in [-0.39, 0.29) is 42.9 Å². The Labute approximate surface area is 359 Å². The van der Waals surface area contributed by atoms with Crippen LogP contribution in [0.15, 0.2) is 109 Å². The average molecular weight is 836 g/mol. The van der Waals surface area contributed by atoms with E-state index in [1.54, 1.807) is 19.2 Å². The molecule has 1 saturated carbocycles. The van der Waals surface area contributed by atoms with Gasteiger partial charge in [0.15, 0.2) is 0 Å². The summed E-state index contributed by atoms with van der Waals surface area (Å²) in [6.07, 6.45) is 2.84. The van der Waals surface area contributed by atoms with E-state index in [2.05, 4.69) is 36.4 Å². The highest BCUT2D eigenvalue weighted by Gasteiger charge is 2.39. The maximum absolute atomic E-state index is 14.0. The largest absolute Gasteiger partial charge is 0.497 e. The molecule has 11 heteroatoms. The molecule has 1 amide bonds. The van der Waals surface area contributed by atoms with E-state index in [0.717, 1.165) is 49.2 Å². The number of carbonyl (C=O) groups excluding carboxylic acids is 1. The topological polar surface area (TPSA) is 144 Å². The Morgan fingerprint density at radius 2 is 1.44 bits per heavy atom. The molecule has 5 N–H and O–H groups in total. The van der Waals surface area contributed by atoms with Gasteiger partial charge in [-0.05, 0) is 111 Å². The van der Waals surface area contributed by atoms with Crippen molar-refractivity contribution < 1.29 is 39.1 Å². The number of aromatic nitrogens is 1. The Hall–Kier alpha value is -5.33. The van der Waals surface area contributed by atoms with E-state index in [1.165, 1.54) is 24.1 Å². The number of carboxylic acids is 1. The molecule has 4 aromatic carbocycles. The van der Waals surface area contributed by atoms with Gasteiger partial charge in [0, 0.05) is 36.0 Å². The van der Waals surface area contributed by atoms with Crippen molar-refractivity contribution in [1.29, 1.82) is 0 Å². The van der Waals surface area contributed by atoms with Gasteiger partial charge in [-0.25, -0.2) is 4.39 Å². The molecule has 61 heavy (non-hydrogen) atoms. The van der Waals surface area contributed by atoms with Crippen LogP contribution in [0.1, 0.15) is 98.7 Å². The zero-order valence-corrected chi connectivity index (χ0v) is 36.1. The van der Waals surface area contributed by atoms with Crippen LogP contribution >= 0.6 is 0 Å². The lowest BCUT2D eigenvalue weighted by atomic mass is 9.72. The van der Waals surface area contributed by atoms with Crippen molar-refractivity contribution in [2.24, 2.45) is 0 Å². The number of aliphatic hydroxyl groups excluding tert-OH is 2. The number of halogens is 1. The van der Waals surface area contributed by atoms with Crippen molar-refractivity contribution in [2.75, 3.05) is 33.1 Å². The van der Waals surface area contributed by atoms with Gasteiger partial charge in [-0.15, -0.1) is 0 Å². The van der Waals surface area contributed by atoms with Gasteiger partial charge in [0.2, 0.25) is 0 Å². The van der Waals surface area contributed by atoms with Gasteiger partial charge in [-0.2, -0.15) is 0 Å². The molecule has 0 spiro atoms. The highest BCUT2D eigenvalue weighted by atomic mass is 19.1. The number of para-hydroxylation sites is 1. The van der Waals surface area contributed by atoms with Crippen LogP contribution in [-0.2, 0) is 11.3 Å². The van der Waals surface area contributed by atoms with E-state index < -0.39 is 30.2 Å². The summed E-state index contributed by atoms with van der Waals surface area (Å²) in [6.45, 7) is 5.13. The Bertz CT molecular complexity index is 2130. The number of aliphatic hydroxyl groups is 3. The number of rotatable bonds is 17. The molecule has 0 aliphatic heterocycles. The molecule has 0 bridgehead atoms. The number of hydrogen-bond donors (Lipinski definition) is 5. The average Bonchev–Trinajstić information content (AvgIpc) is 3.59. The molecule has 1 unspecified atom stereocenters. The maximum Gasteiger partial charge on any atom is 0.305 e. The van der Waals surface area contributed by atoms with Gasteiger partial charge in [-0.1, -0.05) is 93.8 Å². The lowest BCUT2D eigenvalue weighted by Gasteiger charge is -2.40. The zero-order chi connectivity index (χ0) is 44.1. The summed E-state index contributed by atoms with van der Waals surface area (Å²) in [6, 6.07) is 33.0. The number of nitrogens with zero attached hydrogens (tertiary/aromatic N) is 2. The van der Waals surface area contributed by atoms with Crippen molar-refractivity contribution in [2.45, 2.75) is 101 Å². The summed E-state index contributed by atoms with van der Waals surface area (Å²) in [5, 5.41) is 43.9. The third kappa shape index (κ3) is 12.6. The number of ether oxygens (including phenoxy) is 1. The molecule has 0 saturated heterocycles. The third-order valence-corrected chi connectivity index (χ3v) is 11.4. The molecule has 1 heterocycles. The number of carboxylic acid groups (broad SMARTS) is 1. The Balaban J connectivity index is 0.000000294. The smallest absolute Gasteiger partial charge is 0.305 e.